The molecule has 2 aromatic carbocycles. The number of carbonyl (C=O) groups excluding carboxylic acids is 1. The minimum atomic E-state index is 0.0854. The summed E-state index contributed by atoms with van der Waals surface area (Å²) in [6.45, 7) is 9.19. The topological polar surface area (TPSA) is 49.3 Å². The Hall–Kier alpha value is -2.73. The third kappa shape index (κ3) is 4.64. The highest BCUT2D eigenvalue weighted by atomic mass is 79.9. The molecule has 4 rings (SSSR count). The van der Waals surface area contributed by atoms with Crippen LogP contribution in [0.15, 0.2) is 53.0 Å². The maximum Gasteiger partial charge on any atom is 0.253 e. The van der Waals surface area contributed by atoms with Crippen LogP contribution in [0.25, 0.3) is 11.4 Å². The molecule has 5 nitrogen and oxygen atoms in total. The van der Waals surface area contributed by atoms with E-state index in [1.807, 2.05) is 35.2 Å². The lowest BCUT2D eigenvalue weighted by atomic mass is 10.1. The van der Waals surface area contributed by atoms with Gasteiger partial charge in [-0.05, 0) is 50.6 Å². The Kier molecular flexibility index (Phi) is 6.37. The summed E-state index contributed by atoms with van der Waals surface area (Å²) in [6.07, 6.45) is 0.882. The highest BCUT2D eigenvalue weighted by Gasteiger charge is 2.25. The monoisotopic (exact) mass is 478 g/mol. The van der Waals surface area contributed by atoms with Gasteiger partial charge in [0.2, 0.25) is 0 Å². The summed E-state index contributed by atoms with van der Waals surface area (Å²) in [5.41, 5.74) is 5.17. The van der Waals surface area contributed by atoms with Gasteiger partial charge in [0.15, 0.2) is 5.82 Å². The second kappa shape index (κ2) is 9.18. The summed E-state index contributed by atoms with van der Waals surface area (Å²) < 4.78 is 0.976. The summed E-state index contributed by atoms with van der Waals surface area (Å²) in [5, 5.41) is 0. The first kappa shape index (κ1) is 21.5. The number of aryl methyl sites for hydroxylation is 2. The number of aromatic nitrogens is 2. The van der Waals surface area contributed by atoms with Crippen LogP contribution in [0.4, 0.5) is 5.82 Å². The van der Waals surface area contributed by atoms with Gasteiger partial charge in [-0.15, -0.1) is 0 Å². The molecule has 0 radical (unpaired) electrons. The first-order valence-electron chi connectivity index (χ1n) is 10.7. The Labute approximate surface area is 192 Å². The molecule has 1 fully saturated rings. The molecule has 31 heavy (non-hydrogen) atoms. The van der Waals surface area contributed by atoms with Crippen molar-refractivity contribution >= 4 is 27.7 Å². The minimum absolute atomic E-state index is 0.0854. The van der Waals surface area contributed by atoms with Gasteiger partial charge in [-0.3, -0.25) is 4.79 Å². The molecule has 0 spiro atoms. The molecule has 1 aliphatic heterocycles. The summed E-state index contributed by atoms with van der Waals surface area (Å²) in [7, 11) is 0. The van der Waals surface area contributed by atoms with E-state index in [2.05, 4.69) is 59.8 Å². The fraction of sp³-hybridized carbons (Fsp3) is 0.320. The van der Waals surface area contributed by atoms with E-state index in [4.69, 9.17) is 9.97 Å². The van der Waals surface area contributed by atoms with Crippen LogP contribution in [0.5, 0.6) is 0 Å². The number of hydrogen-bond donors (Lipinski definition) is 0. The van der Waals surface area contributed by atoms with Crippen LogP contribution in [0.1, 0.15) is 34.1 Å². The van der Waals surface area contributed by atoms with Crippen molar-refractivity contribution in [2.75, 3.05) is 31.1 Å². The third-order valence-electron chi connectivity index (χ3n) is 5.78. The second-order valence-electron chi connectivity index (χ2n) is 7.94. The number of amides is 1. The molecule has 160 valence electrons. The van der Waals surface area contributed by atoms with Gasteiger partial charge in [0, 0.05) is 53.0 Å². The Morgan fingerprint density at radius 2 is 1.71 bits per heavy atom. The summed E-state index contributed by atoms with van der Waals surface area (Å²) >= 11 is 3.43. The normalized spacial score (nSPS) is 14.1. The fourth-order valence-corrected chi connectivity index (χ4v) is 4.33. The van der Waals surface area contributed by atoms with Crippen molar-refractivity contribution in [2.45, 2.75) is 27.2 Å². The quantitative estimate of drug-likeness (QED) is 0.526. The predicted molar refractivity (Wildman–Crippen MR) is 129 cm³/mol. The summed E-state index contributed by atoms with van der Waals surface area (Å²) in [4.78, 5) is 26.9. The average molecular weight is 479 g/mol. The zero-order valence-electron chi connectivity index (χ0n) is 18.2. The molecule has 0 aliphatic carbocycles. The summed E-state index contributed by atoms with van der Waals surface area (Å²) in [6, 6.07) is 15.9. The van der Waals surface area contributed by atoms with Crippen LogP contribution in [-0.4, -0.2) is 47.0 Å². The SMILES string of the molecule is CCc1c(C)nc(-c2cccc(C)c2)nc1N1CCN(C(=O)c2ccc(Br)cc2)CC1. The van der Waals surface area contributed by atoms with Gasteiger partial charge < -0.3 is 9.80 Å². The third-order valence-corrected chi connectivity index (χ3v) is 6.31. The molecule has 1 amide bonds. The number of piperazine rings is 1. The zero-order valence-corrected chi connectivity index (χ0v) is 19.8. The molecular weight excluding hydrogens is 452 g/mol. The molecule has 2 heterocycles. The van der Waals surface area contributed by atoms with Gasteiger partial charge in [0.05, 0.1) is 0 Å². The number of nitrogens with zero attached hydrogens (tertiary/aromatic N) is 4. The number of benzene rings is 2. The van der Waals surface area contributed by atoms with E-state index in [0.29, 0.717) is 13.1 Å². The molecule has 0 atom stereocenters. The van der Waals surface area contributed by atoms with E-state index in [-0.39, 0.29) is 5.91 Å². The van der Waals surface area contributed by atoms with Gasteiger partial charge in [-0.2, -0.15) is 0 Å². The lowest BCUT2D eigenvalue weighted by molar-refractivity contribution is 0.0746. The highest BCUT2D eigenvalue weighted by molar-refractivity contribution is 9.10. The average Bonchev–Trinajstić information content (AvgIpc) is 2.78. The number of hydrogen-bond acceptors (Lipinski definition) is 4. The lowest BCUT2D eigenvalue weighted by Gasteiger charge is -2.36. The highest BCUT2D eigenvalue weighted by Crippen LogP contribution is 2.27. The Morgan fingerprint density at radius 3 is 2.35 bits per heavy atom. The molecule has 0 saturated carbocycles. The van der Waals surface area contributed by atoms with Crippen LogP contribution in [0, 0.1) is 13.8 Å². The van der Waals surface area contributed by atoms with E-state index in [0.717, 1.165) is 52.4 Å². The molecule has 1 aliphatic rings. The minimum Gasteiger partial charge on any atom is -0.353 e. The standard InChI is InChI=1S/C25H27BrN4O/c1-4-22-18(3)27-23(20-7-5-6-17(2)16-20)28-24(22)29-12-14-30(15-13-29)25(31)19-8-10-21(26)11-9-19/h5-11,16H,4,12-15H2,1-3H3. The van der Waals surface area contributed by atoms with Gasteiger partial charge >= 0.3 is 0 Å². The Bertz CT molecular complexity index is 1090. The molecule has 1 aromatic heterocycles. The van der Waals surface area contributed by atoms with Crippen LogP contribution < -0.4 is 4.90 Å². The van der Waals surface area contributed by atoms with Crippen LogP contribution in [0.3, 0.4) is 0 Å². The molecule has 0 bridgehead atoms. The van der Waals surface area contributed by atoms with E-state index < -0.39 is 0 Å². The van der Waals surface area contributed by atoms with Crippen molar-refractivity contribution in [2.24, 2.45) is 0 Å². The Morgan fingerprint density at radius 1 is 1.00 bits per heavy atom. The molecule has 0 unspecified atom stereocenters. The van der Waals surface area contributed by atoms with Crippen molar-refractivity contribution in [3.8, 4) is 11.4 Å². The number of rotatable bonds is 4. The molecule has 1 saturated heterocycles. The van der Waals surface area contributed by atoms with Gasteiger partial charge in [0.25, 0.3) is 5.91 Å². The Balaban J connectivity index is 1.56. The second-order valence-corrected chi connectivity index (χ2v) is 8.86. The van der Waals surface area contributed by atoms with Crippen molar-refractivity contribution in [1.82, 2.24) is 14.9 Å². The maximum absolute atomic E-state index is 12.9. The summed E-state index contributed by atoms with van der Waals surface area (Å²) in [5.74, 6) is 1.85. The van der Waals surface area contributed by atoms with Crippen molar-refractivity contribution in [3.63, 3.8) is 0 Å². The smallest absolute Gasteiger partial charge is 0.253 e. The fourth-order valence-electron chi connectivity index (χ4n) is 4.07. The van der Waals surface area contributed by atoms with E-state index in [9.17, 15) is 4.79 Å². The van der Waals surface area contributed by atoms with Crippen molar-refractivity contribution < 1.29 is 4.79 Å². The van der Waals surface area contributed by atoms with Crippen molar-refractivity contribution in [3.05, 3.63) is 75.4 Å². The maximum atomic E-state index is 12.9. The lowest BCUT2D eigenvalue weighted by Crippen LogP contribution is -2.49. The van der Waals surface area contributed by atoms with E-state index in [1.165, 1.54) is 11.1 Å². The van der Waals surface area contributed by atoms with Gasteiger partial charge in [-0.1, -0.05) is 46.6 Å². The largest absolute Gasteiger partial charge is 0.353 e. The molecule has 0 N–H and O–H groups in total. The number of carbonyl (C=O) groups is 1. The van der Waals surface area contributed by atoms with Crippen molar-refractivity contribution in [1.29, 1.82) is 0 Å². The molecular formula is C25H27BrN4O. The van der Waals surface area contributed by atoms with Crippen LogP contribution in [0.2, 0.25) is 0 Å². The number of halogens is 1. The molecule has 6 heteroatoms. The van der Waals surface area contributed by atoms with E-state index in [1.54, 1.807) is 0 Å². The molecule has 3 aromatic rings. The van der Waals surface area contributed by atoms with Crippen LogP contribution in [-0.2, 0) is 6.42 Å². The van der Waals surface area contributed by atoms with E-state index >= 15 is 0 Å². The number of anilines is 1. The van der Waals surface area contributed by atoms with Crippen LogP contribution >= 0.6 is 15.9 Å². The van der Waals surface area contributed by atoms with Gasteiger partial charge in [-0.25, -0.2) is 9.97 Å². The predicted octanol–water partition coefficient (Wildman–Crippen LogP) is 5.05. The first-order valence-corrected chi connectivity index (χ1v) is 11.5. The van der Waals surface area contributed by atoms with Gasteiger partial charge in [0.1, 0.15) is 5.82 Å². The zero-order chi connectivity index (χ0) is 22.0. The first-order chi connectivity index (χ1) is 15.0.